The van der Waals surface area contributed by atoms with Crippen molar-refractivity contribution in [1.82, 2.24) is 10.2 Å². The Morgan fingerprint density at radius 3 is 2.89 bits per heavy atom. The molecular weight excluding hydrogens is 240 g/mol. The van der Waals surface area contributed by atoms with Gasteiger partial charge in [-0.15, -0.1) is 0 Å². The van der Waals surface area contributed by atoms with Crippen molar-refractivity contribution in [2.75, 3.05) is 26.8 Å². The molecule has 0 radical (unpaired) electrons. The Morgan fingerprint density at radius 2 is 2.16 bits per heavy atom. The Balaban J connectivity index is 1.85. The molecule has 0 saturated carbocycles. The van der Waals surface area contributed by atoms with Crippen molar-refractivity contribution in [3.63, 3.8) is 0 Å². The quantitative estimate of drug-likeness (QED) is 0.867. The predicted octanol–water partition coefficient (Wildman–Crippen LogP) is 1.20. The summed E-state index contributed by atoms with van der Waals surface area (Å²) in [6.45, 7) is 4.57. The first-order valence-electron chi connectivity index (χ1n) is 6.77. The third-order valence-electron chi connectivity index (χ3n) is 3.50. The number of methoxy groups -OCH3 is 1. The van der Waals surface area contributed by atoms with Gasteiger partial charge in [0.2, 0.25) is 5.91 Å². The van der Waals surface area contributed by atoms with Crippen LogP contribution in [-0.2, 0) is 22.5 Å². The molecule has 1 aliphatic heterocycles. The Hall–Kier alpha value is -1.39. The van der Waals surface area contributed by atoms with Crippen molar-refractivity contribution < 1.29 is 9.53 Å². The fourth-order valence-electron chi connectivity index (χ4n) is 2.39. The van der Waals surface area contributed by atoms with Crippen molar-refractivity contribution in [2.24, 2.45) is 0 Å². The average Bonchev–Trinajstić information content (AvgIpc) is 2.44. The molecule has 0 saturated heterocycles. The number of ether oxygens (including phenoxy) is 1. The molecule has 1 heterocycles. The highest BCUT2D eigenvalue weighted by Crippen LogP contribution is 2.18. The van der Waals surface area contributed by atoms with Gasteiger partial charge >= 0.3 is 0 Å². The molecule has 19 heavy (non-hydrogen) atoms. The minimum atomic E-state index is 0.164. The van der Waals surface area contributed by atoms with E-state index in [1.54, 1.807) is 7.11 Å². The summed E-state index contributed by atoms with van der Waals surface area (Å²) in [7, 11) is 1.67. The first-order valence-corrected chi connectivity index (χ1v) is 6.77. The maximum Gasteiger partial charge on any atom is 0.236 e. The second kappa shape index (κ2) is 6.68. The molecule has 1 atom stereocenters. The second-order valence-electron chi connectivity index (χ2n) is 5.07. The lowest BCUT2D eigenvalue weighted by atomic mass is 10.00. The number of fused-ring (bicyclic) bond motifs is 1. The summed E-state index contributed by atoms with van der Waals surface area (Å²) in [5.74, 6) is 0.164. The zero-order chi connectivity index (χ0) is 13.7. The summed E-state index contributed by atoms with van der Waals surface area (Å²) < 4.78 is 5.04. The summed E-state index contributed by atoms with van der Waals surface area (Å²) in [6, 6.07) is 8.55. The highest BCUT2D eigenvalue weighted by atomic mass is 16.5. The number of rotatable bonds is 5. The van der Waals surface area contributed by atoms with Crippen LogP contribution in [0.5, 0.6) is 0 Å². The molecule has 4 nitrogen and oxygen atoms in total. The molecule has 0 fully saturated rings. The highest BCUT2D eigenvalue weighted by Gasteiger charge is 2.20. The van der Waals surface area contributed by atoms with Gasteiger partial charge in [0.1, 0.15) is 0 Å². The van der Waals surface area contributed by atoms with E-state index in [-0.39, 0.29) is 11.9 Å². The van der Waals surface area contributed by atoms with Crippen LogP contribution in [-0.4, -0.2) is 43.7 Å². The minimum absolute atomic E-state index is 0.164. The number of benzene rings is 1. The largest absolute Gasteiger partial charge is 0.383 e. The minimum Gasteiger partial charge on any atom is -0.383 e. The number of carbonyl (C=O) groups excluding carboxylic acids is 1. The van der Waals surface area contributed by atoms with E-state index in [4.69, 9.17) is 4.74 Å². The van der Waals surface area contributed by atoms with Gasteiger partial charge in [0.25, 0.3) is 0 Å². The zero-order valence-electron chi connectivity index (χ0n) is 11.7. The van der Waals surface area contributed by atoms with E-state index in [0.29, 0.717) is 13.2 Å². The lowest BCUT2D eigenvalue weighted by Crippen LogP contribution is -2.44. The van der Waals surface area contributed by atoms with Crippen LogP contribution in [0.2, 0.25) is 0 Å². The third-order valence-corrected chi connectivity index (χ3v) is 3.50. The van der Waals surface area contributed by atoms with E-state index in [9.17, 15) is 4.79 Å². The molecular formula is C15H22N2O2. The van der Waals surface area contributed by atoms with Crippen molar-refractivity contribution >= 4 is 5.91 Å². The monoisotopic (exact) mass is 262 g/mol. The van der Waals surface area contributed by atoms with Gasteiger partial charge in [-0.05, 0) is 24.5 Å². The van der Waals surface area contributed by atoms with E-state index < -0.39 is 0 Å². The van der Waals surface area contributed by atoms with Crippen LogP contribution in [0.15, 0.2) is 24.3 Å². The first-order chi connectivity index (χ1) is 9.20. The summed E-state index contributed by atoms with van der Waals surface area (Å²) in [5.41, 5.74) is 2.64. The molecule has 1 aliphatic rings. The van der Waals surface area contributed by atoms with Crippen LogP contribution in [0.3, 0.4) is 0 Å². The topological polar surface area (TPSA) is 41.6 Å². The molecule has 0 spiro atoms. The van der Waals surface area contributed by atoms with Crippen LogP contribution in [0, 0.1) is 0 Å². The Labute approximate surface area is 114 Å². The van der Waals surface area contributed by atoms with Gasteiger partial charge in [-0.25, -0.2) is 0 Å². The Kier molecular flexibility index (Phi) is 4.93. The summed E-state index contributed by atoms with van der Waals surface area (Å²) in [5, 5.41) is 3.19. The summed E-state index contributed by atoms with van der Waals surface area (Å²) in [4.78, 5) is 14.1. The molecule has 1 aromatic rings. The van der Waals surface area contributed by atoms with Gasteiger partial charge in [-0.3, -0.25) is 4.79 Å². The lowest BCUT2D eigenvalue weighted by Gasteiger charge is -2.29. The van der Waals surface area contributed by atoms with Gasteiger partial charge < -0.3 is 15.0 Å². The zero-order valence-corrected chi connectivity index (χ0v) is 11.7. The Bertz CT molecular complexity index is 434. The molecule has 0 bridgehead atoms. The number of nitrogens with one attached hydrogen (secondary N) is 1. The van der Waals surface area contributed by atoms with Gasteiger partial charge in [0, 0.05) is 26.2 Å². The maximum atomic E-state index is 12.1. The molecule has 1 aromatic carbocycles. The van der Waals surface area contributed by atoms with Crippen molar-refractivity contribution in [2.45, 2.75) is 25.9 Å². The van der Waals surface area contributed by atoms with Gasteiger partial charge in [-0.1, -0.05) is 24.3 Å². The van der Waals surface area contributed by atoms with Gasteiger partial charge in [0.15, 0.2) is 0 Å². The van der Waals surface area contributed by atoms with E-state index in [0.717, 1.165) is 19.5 Å². The SMILES string of the molecule is COC[C@@H](C)NCC(=O)N1CCc2ccccc2C1. The van der Waals surface area contributed by atoms with E-state index in [1.807, 2.05) is 17.9 Å². The highest BCUT2D eigenvalue weighted by molar-refractivity contribution is 5.78. The van der Waals surface area contributed by atoms with E-state index >= 15 is 0 Å². The second-order valence-corrected chi connectivity index (χ2v) is 5.07. The lowest BCUT2D eigenvalue weighted by molar-refractivity contribution is -0.131. The summed E-state index contributed by atoms with van der Waals surface area (Å²) >= 11 is 0. The molecule has 0 unspecified atom stereocenters. The van der Waals surface area contributed by atoms with Crippen LogP contribution in [0.1, 0.15) is 18.1 Å². The third kappa shape index (κ3) is 3.78. The smallest absolute Gasteiger partial charge is 0.236 e. The number of amides is 1. The van der Waals surface area contributed by atoms with Gasteiger partial charge in [0.05, 0.1) is 13.2 Å². The van der Waals surface area contributed by atoms with Crippen LogP contribution in [0.25, 0.3) is 0 Å². The number of nitrogens with zero attached hydrogens (tertiary/aromatic N) is 1. The van der Waals surface area contributed by atoms with Crippen LogP contribution < -0.4 is 5.32 Å². The standard InChI is InChI=1S/C15H22N2O2/c1-12(11-19-2)16-9-15(18)17-8-7-13-5-3-4-6-14(13)10-17/h3-6,12,16H,7-11H2,1-2H3/t12-/m1/s1. The molecule has 104 valence electrons. The normalized spacial score (nSPS) is 16.0. The maximum absolute atomic E-state index is 12.1. The molecule has 1 amide bonds. The Morgan fingerprint density at radius 1 is 1.42 bits per heavy atom. The number of hydrogen-bond acceptors (Lipinski definition) is 3. The van der Waals surface area contributed by atoms with Crippen molar-refractivity contribution in [3.05, 3.63) is 35.4 Å². The molecule has 0 aliphatic carbocycles. The van der Waals surface area contributed by atoms with Crippen LogP contribution in [0.4, 0.5) is 0 Å². The van der Waals surface area contributed by atoms with Gasteiger partial charge in [-0.2, -0.15) is 0 Å². The molecule has 0 aromatic heterocycles. The fraction of sp³-hybridized carbons (Fsp3) is 0.533. The molecule has 4 heteroatoms. The fourth-order valence-corrected chi connectivity index (χ4v) is 2.39. The summed E-state index contributed by atoms with van der Waals surface area (Å²) in [6.07, 6.45) is 0.954. The van der Waals surface area contributed by atoms with Crippen molar-refractivity contribution in [1.29, 1.82) is 0 Å². The van der Waals surface area contributed by atoms with Crippen LogP contribution >= 0.6 is 0 Å². The van der Waals surface area contributed by atoms with Crippen molar-refractivity contribution in [3.8, 4) is 0 Å². The van der Waals surface area contributed by atoms with E-state index in [1.165, 1.54) is 11.1 Å². The molecule has 2 rings (SSSR count). The number of hydrogen-bond donors (Lipinski definition) is 1. The van der Waals surface area contributed by atoms with E-state index in [2.05, 4.69) is 23.5 Å². The average molecular weight is 262 g/mol. The number of carbonyl (C=O) groups is 1. The predicted molar refractivity (Wildman–Crippen MR) is 74.9 cm³/mol. The first kappa shape index (κ1) is 14.0. The molecule has 1 N–H and O–H groups in total.